The van der Waals surface area contributed by atoms with Gasteiger partial charge < -0.3 is 11.1 Å². The molecule has 1 aliphatic carbocycles. The maximum absolute atomic E-state index is 5.46. The maximum Gasteiger partial charge on any atom is 0.0175 e. The molecule has 0 atom stereocenters. The molecule has 1 aliphatic rings. The van der Waals surface area contributed by atoms with Crippen LogP contribution >= 0.6 is 15.9 Å². The minimum absolute atomic E-state index is 0.709. The van der Waals surface area contributed by atoms with E-state index in [0.29, 0.717) is 6.04 Å². The zero-order chi connectivity index (χ0) is 11.4. The van der Waals surface area contributed by atoms with Gasteiger partial charge in [0.1, 0.15) is 0 Å². The van der Waals surface area contributed by atoms with Crippen molar-refractivity contribution in [2.75, 3.05) is 13.1 Å². The van der Waals surface area contributed by atoms with Crippen LogP contribution in [0.3, 0.4) is 0 Å². The standard InChI is InChI=1S/C13H19BrN2/c14-12-4-2-10(3-5-12)11-8-13(9-11)16-7-1-6-15/h2-5,11,13,16H,1,6-9,15H2. The lowest BCUT2D eigenvalue weighted by Crippen LogP contribution is -2.40. The molecule has 0 spiro atoms. The van der Waals surface area contributed by atoms with E-state index in [9.17, 15) is 0 Å². The highest BCUT2D eigenvalue weighted by Gasteiger charge is 2.29. The van der Waals surface area contributed by atoms with Gasteiger partial charge in [-0.3, -0.25) is 0 Å². The van der Waals surface area contributed by atoms with Gasteiger partial charge in [-0.15, -0.1) is 0 Å². The minimum atomic E-state index is 0.709. The Morgan fingerprint density at radius 2 is 1.94 bits per heavy atom. The van der Waals surface area contributed by atoms with E-state index in [1.54, 1.807) is 0 Å². The van der Waals surface area contributed by atoms with Gasteiger partial charge in [-0.25, -0.2) is 0 Å². The SMILES string of the molecule is NCCCNC1CC(c2ccc(Br)cc2)C1. The molecule has 3 N–H and O–H groups in total. The third-order valence-corrected chi connectivity index (χ3v) is 3.82. The average Bonchev–Trinajstić information content (AvgIpc) is 2.23. The Labute approximate surface area is 106 Å². The number of nitrogens with one attached hydrogen (secondary N) is 1. The second-order valence-corrected chi connectivity index (χ2v) is 5.43. The summed E-state index contributed by atoms with van der Waals surface area (Å²) in [5.41, 5.74) is 6.93. The van der Waals surface area contributed by atoms with Crippen molar-refractivity contribution in [1.82, 2.24) is 5.32 Å². The Hall–Kier alpha value is -0.380. The number of hydrogen-bond acceptors (Lipinski definition) is 2. The van der Waals surface area contributed by atoms with E-state index in [-0.39, 0.29) is 0 Å². The molecule has 0 unspecified atom stereocenters. The van der Waals surface area contributed by atoms with Crippen LogP contribution in [-0.2, 0) is 0 Å². The average molecular weight is 283 g/mol. The Bertz CT molecular complexity index is 317. The molecular weight excluding hydrogens is 264 g/mol. The van der Waals surface area contributed by atoms with Crippen molar-refractivity contribution in [3.05, 3.63) is 34.3 Å². The second-order valence-electron chi connectivity index (χ2n) is 4.51. The van der Waals surface area contributed by atoms with Crippen LogP contribution in [0.15, 0.2) is 28.7 Å². The molecule has 0 heterocycles. The van der Waals surface area contributed by atoms with Gasteiger partial charge in [-0.1, -0.05) is 28.1 Å². The quantitative estimate of drug-likeness (QED) is 0.815. The van der Waals surface area contributed by atoms with E-state index < -0.39 is 0 Å². The molecule has 3 heteroatoms. The first-order valence-corrected chi connectivity index (χ1v) is 6.78. The van der Waals surface area contributed by atoms with Crippen molar-refractivity contribution in [2.45, 2.75) is 31.2 Å². The zero-order valence-electron chi connectivity index (χ0n) is 9.45. The Kier molecular flexibility index (Phi) is 4.38. The fourth-order valence-electron chi connectivity index (χ4n) is 2.20. The van der Waals surface area contributed by atoms with Gasteiger partial charge in [0, 0.05) is 10.5 Å². The lowest BCUT2D eigenvalue weighted by atomic mass is 9.76. The van der Waals surface area contributed by atoms with Gasteiger partial charge in [-0.2, -0.15) is 0 Å². The number of rotatable bonds is 5. The molecule has 0 saturated heterocycles. The first-order chi connectivity index (χ1) is 7.79. The number of halogens is 1. The van der Waals surface area contributed by atoms with E-state index in [1.807, 2.05) is 0 Å². The minimum Gasteiger partial charge on any atom is -0.330 e. The molecule has 16 heavy (non-hydrogen) atoms. The van der Waals surface area contributed by atoms with Crippen molar-refractivity contribution >= 4 is 15.9 Å². The molecule has 0 radical (unpaired) electrons. The third kappa shape index (κ3) is 3.06. The summed E-state index contributed by atoms with van der Waals surface area (Å²) in [6.07, 6.45) is 3.62. The largest absolute Gasteiger partial charge is 0.330 e. The van der Waals surface area contributed by atoms with Crippen molar-refractivity contribution in [1.29, 1.82) is 0 Å². The van der Waals surface area contributed by atoms with Crippen LogP contribution < -0.4 is 11.1 Å². The van der Waals surface area contributed by atoms with Crippen LogP contribution in [0.1, 0.15) is 30.7 Å². The molecule has 0 bridgehead atoms. The number of hydrogen-bond donors (Lipinski definition) is 2. The summed E-state index contributed by atoms with van der Waals surface area (Å²) in [5, 5.41) is 3.54. The first kappa shape index (κ1) is 12.1. The predicted octanol–water partition coefficient (Wildman–Crippen LogP) is 2.63. The summed E-state index contributed by atoms with van der Waals surface area (Å²) in [6, 6.07) is 9.42. The normalized spacial score (nSPS) is 24.1. The summed E-state index contributed by atoms with van der Waals surface area (Å²) < 4.78 is 1.16. The van der Waals surface area contributed by atoms with E-state index in [2.05, 4.69) is 45.5 Å². The van der Waals surface area contributed by atoms with Crippen molar-refractivity contribution in [2.24, 2.45) is 5.73 Å². The fraction of sp³-hybridized carbons (Fsp3) is 0.538. The Balaban J connectivity index is 1.73. The van der Waals surface area contributed by atoms with E-state index in [1.165, 1.54) is 18.4 Å². The molecular formula is C13H19BrN2. The van der Waals surface area contributed by atoms with Gasteiger partial charge in [-0.05, 0) is 56.0 Å². The lowest BCUT2D eigenvalue weighted by molar-refractivity contribution is 0.291. The van der Waals surface area contributed by atoms with Crippen LogP contribution in [0.5, 0.6) is 0 Å². The summed E-state index contributed by atoms with van der Waals surface area (Å²) in [7, 11) is 0. The summed E-state index contributed by atoms with van der Waals surface area (Å²) >= 11 is 3.46. The van der Waals surface area contributed by atoms with Gasteiger partial charge in [0.05, 0.1) is 0 Å². The Morgan fingerprint density at radius 3 is 2.56 bits per heavy atom. The molecule has 1 aromatic rings. The zero-order valence-corrected chi connectivity index (χ0v) is 11.0. The summed E-state index contributed by atoms with van der Waals surface area (Å²) in [4.78, 5) is 0. The highest BCUT2D eigenvalue weighted by molar-refractivity contribution is 9.10. The van der Waals surface area contributed by atoms with Crippen molar-refractivity contribution in [3.63, 3.8) is 0 Å². The highest BCUT2D eigenvalue weighted by atomic mass is 79.9. The number of nitrogens with two attached hydrogens (primary N) is 1. The topological polar surface area (TPSA) is 38.0 Å². The fourth-order valence-corrected chi connectivity index (χ4v) is 2.46. The highest BCUT2D eigenvalue weighted by Crippen LogP contribution is 2.37. The van der Waals surface area contributed by atoms with Crippen molar-refractivity contribution < 1.29 is 0 Å². The molecule has 0 aliphatic heterocycles. The molecule has 2 rings (SSSR count). The second kappa shape index (κ2) is 5.80. The molecule has 0 amide bonds. The lowest BCUT2D eigenvalue weighted by Gasteiger charge is -2.36. The van der Waals surface area contributed by atoms with Crippen LogP contribution in [0.25, 0.3) is 0 Å². The van der Waals surface area contributed by atoms with Gasteiger partial charge in [0.2, 0.25) is 0 Å². The van der Waals surface area contributed by atoms with Crippen LogP contribution in [0.2, 0.25) is 0 Å². The molecule has 88 valence electrons. The van der Waals surface area contributed by atoms with Crippen LogP contribution in [0.4, 0.5) is 0 Å². The van der Waals surface area contributed by atoms with Crippen molar-refractivity contribution in [3.8, 4) is 0 Å². The van der Waals surface area contributed by atoms with E-state index in [4.69, 9.17) is 5.73 Å². The van der Waals surface area contributed by atoms with E-state index >= 15 is 0 Å². The van der Waals surface area contributed by atoms with Crippen LogP contribution in [0, 0.1) is 0 Å². The molecule has 2 nitrogen and oxygen atoms in total. The molecule has 0 aromatic heterocycles. The van der Waals surface area contributed by atoms with Gasteiger partial charge >= 0.3 is 0 Å². The first-order valence-electron chi connectivity index (χ1n) is 5.98. The molecule has 1 fully saturated rings. The van der Waals surface area contributed by atoms with Gasteiger partial charge in [0.15, 0.2) is 0 Å². The molecule has 1 aromatic carbocycles. The third-order valence-electron chi connectivity index (χ3n) is 3.29. The summed E-state index contributed by atoms with van der Waals surface area (Å²) in [5.74, 6) is 0.753. The monoisotopic (exact) mass is 282 g/mol. The smallest absolute Gasteiger partial charge is 0.0175 e. The maximum atomic E-state index is 5.46. The van der Waals surface area contributed by atoms with E-state index in [0.717, 1.165) is 29.9 Å². The Morgan fingerprint density at radius 1 is 1.25 bits per heavy atom. The number of benzene rings is 1. The predicted molar refractivity (Wildman–Crippen MR) is 71.6 cm³/mol. The molecule has 1 saturated carbocycles. The summed E-state index contributed by atoms with van der Waals surface area (Å²) in [6.45, 7) is 1.85. The van der Waals surface area contributed by atoms with Crippen LogP contribution in [-0.4, -0.2) is 19.1 Å². The van der Waals surface area contributed by atoms with Gasteiger partial charge in [0.25, 0.3) is 0 Å².